The molecule has 1 aromatic rings. The lowest BCUT2D eigenvalue weighted by Crippen LogP contribution is -2.52. The molecule has 1 aromatic carbocycles. The summed E-state index contributed by atoms with van der Waals surface area (Å²) in [5, 5.41) is 6.79. The molecule has 0 amide bonds. The van der Waals surface area contributed by atoms with E-state index in [0.29, 0.717) is 18.5 Å². The number of nitrogens with zero attached hydrogens (tertiary/aromatic N) is 3. The average molecular weight is 548 g/mol. The summed E-state index contributed by atoms with van der Waals surface area (Å²) < 4.78 is 11.3. The summed E-state index contributed by atoms with van der Waals surface area (Å²) in [6.45, 7) is 15.5. The van der Waals surface area contributed by atoms with Crippen LogP contribution in [-0.4, -0.2) is 87.9 Å². The van der Waals surface area contributed by atoms with Gasteiger partial charge in [-0.3, -0.25) is 9.89 Å². The molecule has 0 spiro atoms. The van der Waals surface area contributed by atoms with Gasteiger partial charge in [-0.15, -0.1) is 24.0 Å². The molecule has 0 radical (unpaired) electrons. The quantitative estimate of drug-likeness (QED) is 0.267. The van der Waals surface area contributed by atoms with E-state index >= 15 is 0 Å². The molecule has 1 aliphatic rings. The highest BCUT2D eigenvalue weighted by Crippen LogP contribution is 2.19. The number of methoxy groups -OCH3 is 1. The number of benzene rings is 1. The largest absolute Gasteiger partial charge is 0.497 e. The van der Waals surface area contributed by atoms with Crippen LogP contribution in [0.5, 0.6) is 11.5 Å². The minimum absolute atomic E-state index is 0. The maximum Gasteiger partial charge on any atom is 0.191 e. The third kappa shape index (κ3) is 9.82. The molecule has 1 saturated heterocycles. The first-order valence-electron chi connectivity index (χ1n) is 11.2. The molecule has 0 aromatic heterocycles. The molecule has 0 aliphatic carbocycles. The summed E-state index contributed by atoms with van der Waals surface area (Å²) in [5.74, 6) is 3.01. The fourth-order valence-corrected chi connectivity index (χ4v) is 3.62. The normalized spacial score (nSPS) is 17.6. The SMILES string of the molecule is CCNC(=NCC(C(C)C)N1CCN(C)CC1)NCC(C)Oc1cccc(OC)c1.I. The number of ether oxygens (including phenoxy) is 2. The monoisotopic (exact) mass is 547 g/mol. The first kappa shape index (κ1) is 27.8. The molecule has 2 atom stereocenters. The smallest absolute Gasteiger partial charge is 0.191 e. The minimum atomic E-state index is -0.000473. The van der Waals surface area contributed by atoms with Crippen molar-refractivity contribution in [3.63, 3.8) is 0 Å². The standard InChI is InChI=1S/C23H41N5O2.HI/c1-7-24-23(25-16-19(4)30-21-10-8-9-20(15-21)29-6)26-17-22(18(2)3)28-13-11-27(5)12-14-28;/h8-10,15,18-19,22H,7,11-14,16-17H2,1-6H3,(H2,24,25,26);1H. The van der Waals surface area contributed by atoms with Crippen molar-refractivity contribution in [2.24, 2.45) is 10.9 Å². The number of hydrogen-bond donors (Lipinski definition) is 2. The average Bonchev–Trinajstić information content (AvgIpc) is 2.73. The molecule has 2 rings (SSSR count). The summed E-state index contributed by atoms with van der Waals surface area (Å²) >= 11 is 0. The van der Waals surface area contributed by atoms with Gasteiger partial charge in [0.15, 0.2) is 5.96 Å². The number of hydrogen-bond acceptors (Lipinski definition) is 5. The molecule has 1 fully saturated rings. The van der Waals surface area contributed by atoms with Crippen molar-refractivity contribution in [3.05, 3.63) is 24.3 Å². The zero-order valence-electron chi connectivity index (χ0n) is 20.1. The highest BCUT2D eigenvalue weighted by molar-refractivity contribution is 14.0. The van der Waals surface area contributed by atoms with Crippen molar-refractivity contribution < 1.29 is 9.47 Å². The Balaban J connectivity index is 0.00000480. The molecular weight excluding hydrogens is 505 g/mol. The van der Waals surface area contributed by atoms with Gasteiger partial charge in [-0.25, -0.2) is 0 Å². The highest BCUT2D eigenvalue weighted by Gasteiger charge is 2.24. The van der Waals surface area contributed by atoms with Crippen molar-refractivity contribution in [2.45, 2.75) is 39.8 Å². The Bertz CT molecular complexity index is 651. The second kappa shape index (κ2) is 14.7. The van der Waals surface area contributed by atoms with Gasteiger partial charge < -0.3 is 25.0 Å². The zero-order valence-corrected chi connectivity index (χ0v) is 22.4. The van der Waals surface area contributed by atoms with Crippen molar-refractivity contribution in [3.8, 4) is 11.5 Å². The Labute approximate surface area is 206 Å². The van der Waals surface area contributed by atoms with Crippen LogP contribution in [0, 0.1) is 5.92 Å². The van der Waals surface area contributed by atoms with E-state index in [9.17, 15) is 0 Å². The lowest BCUT2D eigenvalue weighted by atomic mass is 10.0. The molecule has 2 N–H and O–H groups in total. The van der Waals surface area contributed by atoms with Crippen LogP contribution in [0.4, 0.5) is 0 Å². The molecule has 1 heterocycles. The summed E-state index contributed by atoms with van der Waals surface area (Å²) in [7, 11) is 3.86. The topological polar surface area (TPSA) is 61.4 Å². The first-order chi connectivity index (χ1) is 14.4. The van der Waals surface area contributed by atoms with Crippen LogP contribution in [0.2, 0.25) is 0 Å². The Morgan fingerprint density at radius 3 is 2.39 bits per heavy atom. The van der Waals surface area contributed by atoms with E-state index in [4.69, 9.17) is 14.5 Å². The number of likely N-dealkylation sites (N-methyl/N-ethyl adjacent to an activating group) is 1. The number of nitrogens with one attached hydrogen (secondary N) is 2. The third-order valence-corrected chi connectivity index (χ3v) is 5.49. The van der Waals surface area contributed by atoms with Crippen LogP contribution in [0.3, 0.4) is 0 Å². The number of rotatable bonds is 10. The van der Waals surface area contributed by atoms with Crippen LogP contribution >= 0.6 is 24.0 Å². The second-order valence-electron chi connectivity index (χ2n) is 8.36. The Morgan fingerprint density at radius 2 is 1.77 bits per heavy atom. The van der Waals surface area contributed by atoms with E-state index in [1.165, 1.54) is 0 Å². The maximum absolute atomic E-state index is 6.02. The van der Waals surface area contributed by atoms with Gasteiger partial charge in [0.2, 0.25) is 0 Å². The zero-order chi connectivity index (χ0) is 21.9. The van der Waals surface area contributed by atoms with Crippen LogP contribution in [0.15, 0.2) is 29.3 Å². The lowest BCUT2D eigenvalue weighted by Gasteiger charge is -2.39. The molecule has 8 heteroatoms. The van der Waals surface area contributed by atoms with Crippen LogP contribution in [0.25, 0.3) is 0 Å². The van der Waals surface area contributed by atoms with Gasteiger partial charge in [0, 0.05) is 44.8 Å². The van der Waals surface area contributed by atoms with Crippen molar-refractivity contribution in [1.82, 2.24) is 20.4 Å². The minimum Gasteiger partial charge on any atom is -0.497 e. The van der Waals surface area contributed by atoms with Crippen LogP contribution < -0.4 is 20.1 Å². The summed E-state index contributed by atoms with van der Waals surface area (Å²) in [6, 6.07) is 8.15. The number of piperazine rings is 1. The molecule has 2 unspecified atom stereocenters. The van der Waals surface area contributed by atoms with E-state index in [-0.39, 0.29) is 30.1 Å². The van der Waals surface area contributed by atoms with Gasteiger partial charge in [-0.1, -0.05) is 19.9 Å². The van der Waals surface area contributed by atoms with Crippen molar-refractivity contribution in [1.29, 1.82) is 0 Å². The van der Waals surface area contributed by atoms with Gasteiger partial charge in [0.1, 0.15) is 17.6 Å². The van der Waals surface area contributed by atoms with E-state index < -0.39 is 0 Å². The molecule has 0 saturated carbocycles. The summed E-state index contributed by atoms with van der Waals surface area (Å²) in [5.41, 5.74) is 0. The highest BCUT2D eigenvalue weighted by atomic mass is 127. The molecule has 7 nitrogen and oxygen atoms in total. The molecule has 1 aliphatic heterocycles. The second-order valence-corrected chi connectivity index (χ2v) is 8.36. The molecular formula is C23H42IN5O2. The van der Waals surface area contributed by atoms with Gasteiger partial charge in [-0.2, -0.15) is 0 Å². The van der Waals surface area contributed by atoms with Gasteiger partial charge in [0.05, 0.1) is 20.2 Å². The maximum atomic E-state index is 6.02. The summed E-state index contributed by atoms with van der Waals surface area (Å²) in [4.78, 5) is 9.88. The lowest BCUT2D eigenvalue weighted by molar-refractivity contribution is 0.0925. The third-order valence-electron chi connectivity index (χ3n) is 5.49. The molecule has 31 heavy (non-hydrogen) atoms. The van der Waals surface area contributed by atoms with Crippen LogP contribution in [0.1, 0.15) is 27.7 Å². The van der Waals surface area contributed by atoms with Crippen molar-refractivity contribution >= 4 is 29.9 Å². The van der Waals surface area contributed by atoms with Gasteiger partial charge >= 0.3 is 0 Å². The van der Waals surface area contributed by atoms with E-state index in [1.807, 2.05) is 24.3 Å². The predicted molar refractivity (Wildman–Crippen MR) is 140 cm³/mol. The van der Waals surface area contributed by atoms with Gasteiger partial charge in [0.25, 0.3) is 0 Å². The predicted octanol–water partition coefficient (Wildman–Crippen LogP) is 2.91. The Hall–Kier alpha value is -1.26. The fourth-order valence-electron chi connectivity index (χ4n) is 3.62. The van der Waals surface area contributed by atoms with Gasteiger partial charge in [-0.05, 0) is 38.9 Å². The number of halogens is 1. The van der Waals surface area contributed by atoms with Crippen molar-refractivity contribution in [2.75, 3.05) is 60.0 Å². The summed E-state index contributed by atoms with van der Waals surface area (Å²) in [6.07, 6.45) is -0.000473. The van der Waals surface area contributed by atoms with E-state index in [2.05, 4.69) is 55.2 Å². The first-order valence-corrected chi connectivity index (χ1v) is 11.2. The van der Waals surface area contributed by atoms with E-state index in [1.54, 1.807) is 7.11 Å². The Kier molecular flexibility index (Phi) is 13.2. The molecule has 0 bridgehead atoms. The fraction of sp³-hybridized carbons (Fsp3) is 0.696. The number of guanidine groups is 1. The van der Waals surface area contributed by atoms with Crippen LogP contribution in [-0.2, 0) is 0 Å². The number of aliphatic imine (C=N–C) groups is 1. The Morgan fingerprint density at radius 1 is 1.10 bits per heavy atom. The van der Waals surface area contributed by atoms with E-state index in [0.717, 1.165) is 56.7 Å². The molecule has 178 valence electrons.